The van der Waals surface area contributed by atoms with E-state index in [-0.39, 0.29) is 33.9 Å². The van der Waals surface area contributed by atoms with Crippen LogP contribution in [0.15, 0.2) is 17.4 Å². The lowest BCUT2D eigenvalue weighted by atomic mass is 9.93. The molecule has 0 radical (unpaired) electrons. The zero-order valence-electron chi connectivity index (χ0n) is 32.8. The minimum absolute atomic E-state index is 0.138. The van der Waals surface area contributed by atoms with Crippen LogP contribution in [0.2, 0.25) is 0 Å². The van der Waals surface area contributed by atoms with E-state index in [2.05, 4.69) is 29.9 Å². The van der Waals surface area contributed by atoms with Crippen molar-refractivity contribution in [2.75, 3.05) is 29.8 Å². The number of carbonyl (C=O) groups is 2. The van der Waals surface area contributed by atoms with Gasteiger partial charge in [-0.15, -0.1) is 20.4 Å². The van der Waals surface area contributed by atoms with Gasteiger partial charge in [0.2, 0.25) is 0 Å². The molecule has 2 unspecified atom stereocenters. The predicted octanol–water partition coefficient (Wildman–Crippen LogP) is 13.0. The Bertz CT molecular complexity index is 1910. The zero-order chi connectivity index (χ0) is 54.1. The maximum atomic E-state index is 14.0. The van der Waals surface area contributed by atoms with Crippen molar-refractivity contribution in [1.82, 2.24) is 20.4 Å². The van der Waals surface area contributed by atoms with E-state index in [0.29, 0.717) is 0 Å². The number of hydrogen-bond donors (Lipinski definition) is 0. The number of thioether (sulfide) groups is 4. The van der Waals surface area contributed by atoms with Gasteiger partial charge in [0.25, 0.3) is 0 Å². The van der Waals surface area contributed by atoms with Gasteiger partial charge in [0, 0.05) is 11.5 Å². The third-order valence-electron chi connectivity index (χ3n) is 8.18. The molecule has 0 aliphatic carbocycles. The second-order valence-electron chi connectivity index (χ2n) is 13.3. The van der Waals surface area contributed by atoms with Gasteiger partial charge < -0.3 is 9.47 Å². The van der Waals surface area contributed by atoms with E-state index in [1.54, 1.807) is 0 Å². The van der Waals surface area contributed by atoms with Crippen LogP contribution < -0.4 is 0 Å². The molecule has 69 heavy (non-hydrogen) atoms. The average molecular weight is 1180 g/mol. The summed E-state index contributed by atoms with van der Waals surface area (Å²) in [5, 5.41) is 15.3. The molecule has 0 spiro atoms. The van der Waals surface area contributed by atoms with E-state index in [1.165, 1.54) is 0 Å². The van der Waals surface area contributed by atoms with Crippen LogP contribution >= 0.6 is 69.7 Å². The van der Waals surface area contributed by atoms with Crippen molar-refractivity contribution < 1.29 is 133 Å². The Hall–Kier alpha value is -2.36. The minimum Gasteiger partial charge on any atom is -0.465 e. The molecule has 0 saturated carbocycles. The molecular formula is C29H22F26N4O4S6. The lowest BCUT2D eigenvalue weighted by Crippen LogP contribution is -2.70. The Labute approximate surface area is 391 Å². The molecule has 2 rings (SSSR count). The third-order valence-corrected chi connectivity index (χ3v) is 15.2. The second-order valence-corrected chi connectivity index (χ2v) is 20.6. The first-order valence-corrected chi connectivity index (χ1v) is 22.7. The molecule has 2 heterocycles. The fraction of sp³-hybridized carbons (Fsp3) is 0.793. The highest BCUT2D eigenvalue weighted by molar-refractivity contribution is 8.17. The van der Waals surface area contributed by atoms with E-state index >= 15 is 0 Å². The van der Waals surface area contributed by atoms with Crippen LogP contribution in [-0.4, -0.2) is 134 Å². The molecule has 40 heteroatoms. The summed E-state index contributed by atoms with van der Waals surface area (Å²) in [4.78, 5) is 24.2. The van der Waals surface area contributed by atoms with Gasteiger partial charge in [-0.05, 0) is 0 Å². The van der Waals surface area contributed by atoms with Crippen LogP contribution in [0, 0.1) is 11.8 Å². The molecule has 0 fully saturated rings. The van der Waals surface area contributed by atoms with E-state index in [1.807, 2.05) is 0 Å². The Kier molecular flexibility index (Phi) is 19.7. The number of nitrogens with zero attached hydrogens (tertiary/aromatic N) is 4. The Morgan fingerprint density at radius 1 is 0.420 bits per heavy atom. The molecule has 0 amide bonds. The summed E-state index contributed by atoms with van der Waals surface area (Å²) in [5.74, 6) is -82.2. The number of halogens is 26. The largest absolute Gasteiger partial charge is 0.465 e. The smallest absolute Gasteiger partial charge is 0.460 e. The first-order valence-electron chi connectivity index (χ1n) is 17.1. The minimum atomic E-state index is -8.08. The fourth-order valence-electron chi connectivity index (χ4n) is 4.05. The van der Waals surface area contributed by atoms with E-state index in [4.69, 9.17) is 0 Å². The lowest BCUT2D eigenvalue weighted by molar-refractivity contribution is -0.440. The van der Waals surface area contributed by atoms with Crippen LogP contribution in [0.1, 0.15) is 26.7 Å². The van der Waals surface area contributed by atoms with Gasteiger partial charge in [-0.25, -0.2) is 0 Å². The van der Waals surface area contributed by atoms with Crippen LogP contribution in [0.5, 0.6) is 0 Å². The summed E-state index contributed by atoms with van der Waals surface area (Å²) in [6.45, 7) is -1.75. The topological polar surface area (TPSA) is 104 Å². The van der Waals surface area contributed by atoms with Crippen molar-refractivity contribution in [2.24, 2.45) is 11.8 Å². The summed E-state index contributed by atoms with van der Waals surface area (Å²) < 4.78 is 354. The molecule has 0 N–H and O–H groups in total. The van der Waals surface area contributed by atoms with Crippen LogP contribution in [0.3, 0.4) is 0 Å². The maximum absolute atomic E-state index is 14.0. The molecule has 8 nitrogen and oxygen atoms in total. The lowest BCUT2D eigenvalue weighted by Gasteiger charge is -2.39. The Morgan fingerprint density at radius 3 is 0.928 bits per heavy atom. The number of esters is 2. The Morgan fingerprint density at radius 2 is 0.667 bits per heavy atom. The summed E-state index contributed by atoms with van der Waals surface area (Å²) in [6, 6.07) is 0. The summed E-state index contributed by atoms with van der Waals surface area (Å²) in [5.41, 5.74) is 0. The number of rotatable bonds is 26. The monoisotopic (exact) mass is 1180 g/mol. The summed E-state index contributed by atoms with van der Waals surface area (Å²) >= 11 is 5.39. The van der Waals surface area contributed by atoms with Gasteiger partial charge in [0.1, 0.15) is 0 Å². The number of carbonyl (C=O) groups excluding carboxylic acids is 2. The maximum Gasteiger partial charge on any atom is 0.460 e. The quantitative estimate of drug-likeness (QED) is 0.0388. The molecule has 2 aromatic rings. The van der Waals surface area contributed by atoms with Crippen molar-refractivity contribution in [3.8, 4) is 0 Å². The van der Waals surface area contributed by atoms with E-state index in [9.17, 15) is 124 Å². The van der Waals surface area contributed by atoms with Gasteiger partial charge in [0.15, 0.2) is 17.4 Å². The highest BCUT2D eigenvalue weighted by Crippen LogP contribution is 2.62. The molecule has 2 aromatic heterocycles. The van der Waals surface area contributed by atoms with Gasteiger partial charge >= 0.3 is 83.5 Å². The van der Waals surface area contributed by atoms with E-state index < -0.39 is 121 Å². The second kappa shape index (κ2) is 21.6. The highest BCUT2D eigenvalue weighted by Gasteiger charge is 2.92. The van der Waals surface area contributed by atoms with Crippen LogP contribution in [0.25, 0.3) is 0 Å². The molecule has 400 valence electrons. The van der Waals surface area contributed by atoms with Crippen molar-refractivity contribution in [3.05, 3.63) is 0 Å². The first kappa shape index (κ1) is 62.8. The molecule has 0 aromatic carbocycles. The van der Waals surface area contributed by atoms with Crippen molar-refractivity contribution in [3.63, 3.8) is 0 Å². The van der Waals surface area contributed by atoms with Crippen molar-refractivity contribution in [1.29, 1.82) is 0 Å². The van der Waals surface area contributed by atoms with Crippen molar-refractivity contribution in [2.45, 2.75) is 116 Å². The van der Waals surface area contributed by atoms with Crippen molar-refractivity contribution >= 4 is 81.7 Å². The third kappa shape index (κ3) is 12.9. The molecule has 0 saturated heterocycles. The van der Waals surface area contributed by atoms with Gasteiger partial charge in [-0.2, -0.15) is 114 Å². The highest BCUT2D eigenvalue weighted by atomic mass is 32.2. The van der Waals surface area contributed by atoms with E-state index in [0.717, 1.165) is 83.6 Å². The summed E-state index contributed by atoms with van der Waals surface area (Å²) in [6.07, 6.45) is -20.6. The van der Waals surface area contributed by atoms with Crippen LogP contribution in [-0.2, 0) is 19.1 Å². The molecule has 2 atom stereocenters. The number of ether oxygens (including phenoxy) is 2. The molecule has 0 aliphatic rings. The number of alkyl halides is 26. The standard InChI is InChI=1S/C29H22F26N4O4S6/c1-10(12(60)62-5-3-18(30,31)20(34,35)22(38,39)24(42,43)26(46,47)28(50,51)52)7-64-14-56-58-16(68-14)66-9-67-17-59-57-15(69-17)65-8-11(2)13(61)63-6-4-19(32,33)21(36,37)23(40,41)25(44,45)27(48,49)29(53,54)55/h10-11H,3-9H2,1-2H3. The first-order chi connectivity index (χ1) is 30.7. The van der Waals surface area contributed by atoms with Gasteiger partial charge in [-0.3, -0.25) is 9.59 Å². The van der Waals surface area contributed by atoms with Gasteiger partial charge in [0.05, 0.1) is 43.0 Å². The van der Waals surface area contributed by atoms with Crippen LogP contribution in [0.4, 0.5) is 114 Å². The summed E-state index contributed by atoms with van der Waals surface area (Å²) in [7, 11) is 0. The zero-order valence-corrected chi connectivity index (χ0v) is 37.7. The molecule has 0 aliphatic heterocycles. The predicted molar refractivity (Wildman–Crippen MR) is 189 cm³/mol. The number of hydrogen-bond acceptors (Lipinski definition) is 14. The molecular weight excluding hydrogens is 1150 g/mol. The van der Waals surface area contributed by atoms with Gasteiger partial charge in [-0.1, -0.05) is 83.6 Å². The normalized spacial score (nSPS) is 15.6. The average Bonchev–Trinajstić information content (AvgIpc) is 3.86. The number of aromatic nitrogens is 4. The Balaban J connectivity index is 1.82. The SMILES string of the molecule is CC(CSc1nnc(SCSc2nnc(SCC(C)C(=O)OCCC(F)(F)C(F)(F)C(F)(F)C(F)(F)C(F)(F)C(F)(F)F)s2)s1)C(=O)OCCC(F)(F)C(F)(F)C(F)(F)C(F)(F)C(F)(F)C(F)(F)F. The molecule has 0 bridgehead atoms. The fourth-order valence-corrected chi connectivity index (χ4v) is 10.6.